The van der Waals surface area contributed by atoms with Crippen molar-refractivity contribution in [1.82, 2.24) is 15.0 Å². The first-order valence-electron chi connectivity index (χ1n) is 11.6. The summed E-state index contributed by atoms with van der Waals surface area (Å²) in [4.78, 5) is 54.7. The standard InChI is InChI=1S/C26H22N4O8/c1-13-22(30(34)35)21(28-38-13)24(31)29-19(26(33)37-3)12-17-16-6-4-5-7-18(16)27-20(17)23(29)14-8-10-15(11-9-14)25(32)36-2/h4-11,19,23,27H,12H2,1-3H3/t19-,23+/m1/s1. The molecule has 2 atom stereocenters. The van der Waals surface area contributed by atoms with E-state index in [0.29, 0.717) is 11.3 Å². The van der Waals surface area contributed by atoms with Crippen molar-refractivity contribution in [2.75, 3.05) is 14.2 Å². The number of carbonyl (C=O) groups excluding carboxylic acids is 3. The highest BCUT2D eigenvalue weighted by atomic mass is 16.6. The van der Waals surface area contributed by atoms with E-state index in [1.54, 1.807) is 12.1 Å². The van der Waals surface area contributed by atoms with Gasteiger partial charge in [0.25, 0.3) is 5.91 Å². The number of aryl methyl sites for hydroxylation is 1. The number of rotatable bonds is 5. The van der Waals surface area contributed by atoms with E-state index in [-0.39, 0.29) is 17.7 Å². The summed E-state index contributed by atoms with van der Waals surface area (Å²) >= 11 is 0. The Labute approximate surface area is 215 Å². The topological polar surface area (TPSA) is 158 Å². The molecule has 4 aromatic rings. The van der Waals surface area contributed by atoms with Crippen molar-refractivity contribution in [3.8, 4) is 0 Å². The molecule has 0 bridgehead atoms. The molecule has 1 N–H and O–H groups in total. The van der Waals surface area contributed by atoms with Crippen LogP contribution in [0.15, 0.2) is 53.1 Å². The van der Waals surface area contributed by atoms with Gasteiger partial charge in [-0.05, 0) is 29.3 Å². The Kier molecular flexibility index (Phi) is 6.15. The third kappa shape index (κ3) is 3.86. The van der Waals surface area contributed by atoms with Crippen LogP contribution in [0, 0.1) is 17.0 Å². The fourth-order valence-electron chi connectivity index (χ4n) is 4.97. The molecule has 0 aliphatic carbocycles. The van der Waals surface area contributed by atoms with Crippen molar-refractivity contribution < 1.29 is 33.3 Å². The number of amides is 1. The number of esters is 2. The molecule has 38 heavy (non-hydrogen) atoms. The fourth-order valence-corrected chi connectivity index (χ4v) is 4.97. The predicted octanol–water partition coefficient (Wildman–Crippen LogP) is 3.49. The summed E-state index contributed by atoms with van der Waals surface area (Å²) in [6.45, 7) is 1.33. The van der Waals surface area contributed by atoms with Crippen LogP contribution in [0.3, 0.4) is 0 Å². The molecular weight excluding hydrogens is 496 g/mol. The van der Waals surface area contributed by atoms with Gasteiger partial charge in [0.1, 0.15) is 6.04 Å². The molecule has 12 nitrogen and oxygen atoms in total. The van der Waals surface area contributed by atoms with Gasteiger partial charge in [0, 0.05) is 29.9 Å². The number of para-hydroxylation sites is 1. The maximum absolute atomic E-state index is 14.0. The van der Waals surface area contributed by atoms with E-state index < -0.39 is 46.2 Å². The first-order chi connectivity index (χ1) is 18.3. The first-order valence-corrected chi connectivity index (χ1v) is 11.6. The quantitative estimate of drug-likeness (QED) is 0.237. The number of hydrogen-bond donors (Lipinski definition) is 1. The molecule has 5 rings (SSSR count). The number of methoxy groups -OCH3 is 2. The minimum absolute atomic E-state index is 0.0964. The molecule has 0 unspecified atom stereocenters. The zero-order valence-corrected chi connectivity index (χ0v) is 20.6. The third-order valence-corrected chi connectivity index (χ3v) is 6.70. The van der Waals surface area contributed by atoms with Crippen molar-refractivity contribution in [3.05, 3.63) is 92.5 Å². The van der Waals surface area contributed by atoms with Crippen molar-refractivity contribution >= 4 is 34.4 Å². The van der Waals surface area contributed by atoms with Crippen LogP contribution < -0.4 is 0 Å². The van der Waals surface area contributed by atoms with Crippen molar-refractivity contribution in [3.63, 3.8) is 0 Å². The van der Waals surface area contributed by atoms with Crippen molar-refractivity contribution in [2.45, 2.75) is 25.4 Å². The Morgan fingerprint density at radius 2 is 1.82 bits per heavy atom. The number of H-pyrrole nitrogens is 1. The predicted molar refractivity (Wildman–Crippen MR) is 131 cm³/mol. The summed E-state index contributed by atoms with van der Waals surface area (Å²) in [6, 6.07) is 11.8. The molecule has 2 aromatic carbocycles. The van der Waals surface area contributed by atoms with E-state index >= 15 is 0 Å². The highest BCUT2D eigenvalue weighted by Gasteiger charge is 2.47. The average molecular weight is 518 g/mol. The van der Waals surface area contributed by atoms with Crippen LogP contribution in [0.2, 0.25) is 0 Å². The lowest BCUT2D eigenvalue weighted by Gasteiger charge is -2.40. The maximum Gasteiger partial charge on any atom is 0.344 e. The van der Waals surface area contributed by atoms with Crippen LogP contribution in [0.1, 0.15) is 49.5 Å². The zero-order chi connectivity index (χ0) is 27.1. The number of aromatic nitrogens is 2. The second-order valence-corrected chi connectivity index (χ2v) is 8.73. The Hall–Kier alpha value is -5.00. The lowest BCUT2D eigenvalue weighted by atomic mass is 9.87. The molecule has 1 amide bonds. The summed E-state index contributed by atoms with van der Waals surface area (Å²) in [5.41, 5.74) is 1.92. The molecule has 2 aromatic heterocycles. The van der Waals surface area contributed by atoms with Gasteiger partial charge in [-0.3, -0.25) is 14.9 Å². The summed E-state index contributed by atoms with van der Waals surface area (Å²) in [7, 11) is 2.47. The second-order valence-electron chi connectivity index (χ2n) is 8.73. The Balaban J connectivity index is 1.75. The van der Waals surface area contributed by atoms with E-state index in [1.165, 1.54) is 38.2 Å². The smallest absolute Gasteiger partial charge is 0.344 e. The molecule has 3 heterocycles. The highest BCUT2D eigenvalue weighted by Crippen LogP contribution is 2.42. The summed E-state index contributed by atoms with van der Waals surface area (Å²) in [5.74, 6) is -2.26. The van der Waals surface area contributed by atoms with Crippen LogP contribution >= 0.6 is 0 Å². The Morgan fingerprint density at radius 1 is 1.11 bits per heavy atom. The van der Waals surface area contributed by atoms with Gasteiger partial charge in [0.05, 0.1) is 30.7 Å². The molecule has 0 fully saturated rings. The van der Waals surface area contributed by atoms with Gasteiger partial charge in [-0.1, -0.05) is 35.5 Å². The number of nitro groups is 1. The van der Waals surface area contributed by atoms with Crippen LogP contribution in [-0.4, -0.2) is 58.1 Å². The number of benzene rings is 2. The van der Waals surface area contributed by atoms with E-state index in [9.17, 15) is 24.5 Å². The van der Waals surface area contributed by atoms with Gasteiger partial charge in [-0.25, -0.2) is 9.59 Å². The third-order valence-electron chi connectivity index (χ3n) is 6.70. The molecule has 12 heteroatoms. The summed E-state index contributed by atoms with van der Waals surface area (Å²) < 4.78 is 14.8. The van der Waals surface area contributed by atoms with E-state index in [0.717, 1.165) is 16.5 Å². The number of hydrogen-bond acceptors (Lipinski definition) is 9. The average Bonchev–Trinajstić information content (AvgIpc) is 3.51. The largest absolute Gasteiger partial charge is 0.467 e. The SMILES string of the molecule is COC(=O)c1ccc([C@H]2c3[nH]c4ccccc4c3C[C@H](C(=O)OC)N2C(=O)c2noc(C)c2[N+](=O)[O-])cc1. The van der Waals surface area contributed by atoms with Gasteiger partial charge in [0.15, 0.2) is 0 Å². The molecular formula is C26H22N4O8. The normalized spacial score (nSPS) is 16.7. The van der Waals surface area contributed by atoms with Crippen LogP contribution in [0.4, 0.5) is 5.69 Å². The Morgan fingerprint density at radius 3 is 2.47 bits per heavy atom. The van der Waals surface area contributed by atoms with E-state index in [1.807, 2.05) is 24.3 Å². The fraction of sp³-hybridized carbons (Fsp3) is 0.231. The minimum atomic E-state index is -1.14. The van der Waals surface area contributed by atoms with Crippen molar-refractivity contribution in [2.24, 2.45) is 0 Å². The summed E-state index contributed by atoms with van der Waals surface area (Å²) in [5, 5.41) is 16.3. The number of ether oxygens (including phenoxy) is 2. The molecule has 0 saturated heterocycles. The number of nitrogens with zero attached hydrogens (tertiary/aromatic N) is 3. The van der Waals surface area contributed by atoms with Crippen molar-refractivity contribution in [1.29, 1.82) is 0 Å². The number of carbonyl (C=O) groups is 3. The molecule has 1 aliphatic heterocycles. The Bertz CT molecular complexity index is 1590. The molecule has 194 valence electrons. The van der Waals surface area contributed by atoms with Crippen LogP contribution in [-0.2, 0) is 20.7 Å². The second kappa shape index (κ2) is 9.47. The maximum atomic E-state index is 14.0. The van der Waals surface area contributed by atoms with Gasteiger partial charge < -0.3 is 23.9 Å². The van der Waals surface area contributed by atoms with Crippen LogP contribution in [0.5, 0.6) is 0 Å². The summed E-state index contributed by atoms with van der Waals surface area (Å²) in [6.07, 6.45) is 0.0964. The van der Waals surface area contributed by atoms with E-state index in [2.05, 4.69) is 10.1 Å². The number of aromatic amines is 1. The van der Waals surface area contributed by atoms with Gasteiger partial charge >= 0.3 is 17.6 Å². The van der Waals surface area contributed by atoms with Crippen LogP contribution in [0.25, 0.3) is 10.9 Å². The highest BCUT2D eigenvalue weighted by molar-refractivity contribution is 6.00. The van der Waals surface area contributed by atoms with Gasteiger partial charge in [-0.15, -0.1) is 0 Å². The molecule has 0 saturated carbocycles. The van der Waals surface area contributed by atoms with Gasteiger partial charge in [-0.2, -0.15) is 0 Å². The lowest BCUT2D eigenvalue weighted by molar-refractivity contribution is -0.386. The lowest BCUT2D eigenvalue weighted by Crippen LogP contribution is -2.52. The number of fused-ring (bicyclic) bond motifs is 3. The minimum Gasteiger partial charge on any atom is -0.467 e. The zero-order valence-electron chi connectivity index (χ0n) is 20.6. The molecule has 0 spiro atoms. The van der Waals surface area contributed by atoms with Gasteiger partial charge in [0.2, 0.25) is 11.5 Å². The molecule has 0 radical (unpaired) electrons. The molecule has 1 aliphatic rings. The first kappa shape index (κ1) is 24.7. The number of nitrogens with one attached hydrogen (secondary N) is 1. The van der Waals surface area contributed by atoms with E-state index in [4.69, 9.17) is 14.0 Å². The monoisotopic (exact) mass is 518 g/mol.